The van der Waals surface area contributed by atoms with Gasteiger partial charge in [0.2, 0.25) is 5.91 Å². The van der Waals surface area contributed by atoms with E-state index in [9.17, 15) is 14.3 Å². The fraction of sp³-hybridized carbons (Fsp3) is 0.0714. The molecule has 2 rings (SSSR count). The Labute approximate surface area is 123 Å². The van der Waals surface area contributed by atoms with Gasteiger partial charge in [0.25, 0.3) is 0 Å². The lowest BCUT2D eigenvalue weighted by molar-refractivity contribution is -0.115. The Morgan fingerprint density at radius 2 is 2.05 bits per heavy atom. The first-order valence-electron chi connectivity index (χ1n) is 5.57. The molecule has 1 amide bonds. The molecule has 0 bridgehead atoms. The summed E-state index contributed by atoms with van der Waals surface area (Å²) < 4.78 is 13.6. The van der Waals surface area contributed by atoms with Gasteiger partial charge in [0.1, 0.15) is 11.6 Å². The predicted molar refractivity (Wildman–Crippen MR) is 79.6 cm³/mol. The minimum atomic E-state index is -0.338. The van der Waals surface area contributed by atoms with Crippen LogP contribution in [0.25, 0.3) is 0 Å². The van der Waals surface area contributed by atoms with Gasteiger partial charge in [-0.1, -0.05) is 12.1 Å². The van der Waals surface area contributed by atoms with Crippen LogP contribution < -0.4 is 5.32 Å². The summed E-state index contributed by atoms with van der Waals surface area (Å²) in [5.74, 6) is -0.424. The lowest BCUT2D eigenvalue weighted by atomic mass is 10.1. The van der Waals surface area contributed by atoms with Gasteiger partial charge in [-0.15, -0.1) is 0 Å². The zero-order valence-electron chi connectivity index (χ0n) is 9.86. The number of hydrogen-bond donors (Lipinski definition) is 2. The average Bonchev–Trinajstić information content (AvgIpc) is 2.33. The third-order valence-corrected chi connectivity index (χ3v) is 3.37. The van der Waals surface area contributed by atoms with E-state index in [1.165, 1.54) is 24.3 Å². The second kappa shape index (κ2) is 6.01. The fourth-order valence-corrected chi connectivity index (χ4v) is 2.25. The molecular weight excluding hydrogens is 360 g/mol. The number of halogens is 2. The minimum Gasteiger partial charge on any atom is -0.508 e. The van der Waals surface area contributed by atoms with Crippen molar-refractivity contribution in [2.45, 2.75) is 6.42 Å². The molecule has 2 aromatic rings. The molecule has 0 spiro atoms. The molecule has 0 aromatic heterocycles. The number of hydrogen-bond acceptors (Lipinski definition) is 2. The number of phenolic OH excluding ortho intramolecular Hbond substituents is 1. The molecule has 2 N–H and O–H groups in total. The van der Waals surface area contributed by atoms with Gasteiger partial charge in [-0.05, 0) is 58.5 Å². The molecule has 19 heavy (non-hydrogen) atoms. The molecule has 0 aliphatic heterocycles. The zero-order chi connectivity index (χ0) is 13.8. The average molecular weight is 371 g/mol. The molecule has 5 heteroatoms. The number of anilines is 1. The lowest BCUT2D eigenvalue weighted by Gasteiger charge is -2.07. The molecule has 0 fully saturated rings. The van der Waals surface area contributed by atoms with Crippen molar-refractivity contribution in [3.63, 3.8) is 0 Å². The van der Waals surface area contributed by atoms with Gasteiger partial charge in [0, 0.05) is 3.57 Å². The van der Waals surface area contributed by atoms with E-state index in [-0.39, 0.29) is 23.9 Å². The summed E-state index contributed by atoms with van der Waals surface area (Å²) in [7, 11) is 0. The van der Waals surface area contributed by atoms with E-state index in [1.54, 1.807) is 18.2 Å². The Balaban J connectivity index is 2.05. The Morgan fingerprint density at radius 1 is 1.26 bits per heavy atom. The van der Waals surface area contributed by atoms with Crippen molar-refractivity contribution >= 4 is 34.2 Å². The highest BCUT2D eigenvalue weighted by Gasteiger charge is 2.07. The van der Waals surface area contributed by atoms with E-state index in [4.69, 9.17) is 0 Å². The maximum absolute atomic E-state index is 12.9. The van der Waals surface area contributed by atoms with Gasteiger partial charge in [-0.25, -0.2) is 4.39 Å². The monoisotopic (exact) mass is 371 g/mol. The number of benzene rings is 2. The molecule has 0 saturated carbocycles. The third kappa shape index (κ3) is 3.92. The van der Waals surface area contributed by atoms with Crippen molar-refractivity contribution in [1.82, 2.24) is 0 Å². The van der Waals surface area contributed by atoms with Gasteiger partial charge in [-0.2, -0.15) is 0 Å². The van der Waals surface area contributed by atoms with E-state index in [1.807, 2.05) is 22.6 Å². The zero-order valence-corrected chi connectivity index (χ0v) is 12.0. The van der Waals surface area contributed by atoms with E-state index >= 15 is 0 Å². The van der Waals surface area contributed by atoms with Gasteiger partial charge >= 0.3 is 0 Å². The van der Waals surface area contributed by atoms with E-state index in [2.05, 4.69) is 5.32 Å². The van der Waals surface area contributed by atoms with Gasteiger partial charge in [-0.3, -0.25) is 4.79 Å². The van der Waals surface area contributed by atoms with Crippen molar-refractivity contribution in [3.05, 3.63) is 57.4 Å². The van der Waals surface area contributed by atoms with E-state index < -0.39 is 0 Å². The van der Waals surface area contributed by atoms with Crippen molar-refractivity contribution < 1.29 is 14.3 Å². The molecule has 0 radical (unpaired) electrons. The Kier molecular flexibility index (Phi) is 4.36. The standard InChI is InChI=1S/C14H11FINO2/c15-10-4-5-13(12(16)8-10)17-14(19)7-9-2-1-3-11(18)6-9/h1-6,8,18H,7H2,(H,17,19). The molecule has 0 atom stereocenters. The molecule has 0 saturated heterocycles. The first-order chi connectivity index (χ1) is 9.04. The van der Waals surface area contributed by atoms with Crippen molar-refractivity contribution in [3.8, 4) is 5.75 Å². The Morgan fingerprint density at radius 3 is 2.74 bits per heavy atom. The highest BCUT2D eigenvalue weighted by atomic mass is 127. The molecular formula is C14H11FINO2. The normalized spacial score (nSPS) is 10.2. The maximum atomic E-state index is 12.9. The number of rotatable bonds is 3. The summed E-state index contributed by atoms with van der Waals surface area (Å²) >= 11 is 1.96. The second-order valence-corrected chi connectivity index (χ2v) is 5.18. The minimum absolute atomic E-state index is 0.127. The predicted octanol–water partition coefficient (Wildman–Crippen LogP) is 3.32. The van der Waals surface area contributed by atoms with Crippen molar-refractivity contribution in [2.75, 3.05) is 5.32 Å². The molecule has 98 valence electrons. The van der Waals surface area contributed by atoms with E-state index in [0.29, 0.717) is 9.26 Å². The number of nitrogens with one attached hydrogen (secondary N) is 1. The van der Waals surface area contributed by atoms with Gasteiger partial charge in [0.15, 0.2) is 0 Å². The van der Waals surface area contributed by atoms with Crippen LogP contribution in [0.2, 0.25) is 0 Å². The first kappa shape index (κ1) is 13.8. The van der Waals surface area contributed by atoms with Crippen LogP contribution in [-0.2, 0) is 11.2 Å². The summed E-state index contributed by atoms with van der Waals surface area (Å²) in [6.07, 6.45) is 0.155. The highest BCUT2D eigenvalue weighted by Crippen LogP contribution is 2.19. The summed E-state index contributed by atoms with van der Waals surface area (Å²) in [5.41, 5.74) is 1.29. The summed E-state index contributed by atoms with van der Waals surface area (Å²) in [5, 5.41) is 12.0. The van der Waals surface area contributed by atoms with Gasteiger partial charge in [0.05, 0.1) is 12.1 Å². The van der Waals surface area contributed by atoms with Crippen LogP contribution in [0.3, 0.4) is 0 Å². The Bertz CT molecular complexity index is 616. The summed E-state index contributed by atoms with van der Waals surface area (Å²) in [6, 6.07) is 10.7. The smallest absolute Gasteiger partial charge is 0.228 e. The lowest BCUT2D eigenvalue weighted by Crippen LogP contribution is -2.15. The second-order valence-electron chi connectivity index (χ2n) is 4.02. The maximum Gasteiger partial charge on any atom is 0.228 e. The van der Waals surface area contributed by atoms with Gasteiger partial charge < -0.3 is 10.4 Å². The molecule has 3 nitrogen and oxygen atoms in total. The number of amides is 1. The number of phenols is 1. The van der Waals surface area contributed by atoms with Crippen molar-refractivity contribution in [2.24, 2.45) is 0 Å². The highest BCUT2D eigenvalue weighted by molar-refractivity contribution is 14.1. The molecule has 0 aliphatic carbocycles. The topological polar surface area (TPSA) is 49.3 Å². The largest absolute Gasteiger partial charge is 0.508 e. The number of carbonyl (C=O) groups is 1. The quantitative estimate of drug-likeness (QED) is 0.814. The van der Waals surface area contributed by atoms with Crippen molar-refractivity contribution in [1.29, 1.82) is 0 Å². The van der Waals surface area contributed by atoms with Crippen LogP contribution in [0.15, 0.2) is 42.5 Å². The van der Waals surface area contributed by atoms with Crippen LogP contribution in [0.1, 0.15) is 5.56 Å². The van der Waals surface area contributed by atoms with Crippen LogP contribution in [0, 0.1) is 9.39 Å². The van der Waals surface area contributed by atoms with Crippen LogP contribution in [-0.4, -0.2) is 11.0 Å². The third-order valence-electron chi connectivity index (χ3n) is 2.48. The molecule has 0 heterocycles. The van der Waals surface area contributed by atoms with Crippen LogP contribution in [0.4, 0.5) is 10.1 Å². The molecule has 0 unspecified atom stereocenters. The number of carbonyl (C=O) groups excluding carboxylic acids is 1. The van der Waals surface area contributed by atoms with Crippen LogP contribution in [0.5, 0.6) is 5.75 Å². The summed E-state index contributed by atoms with van der Waals surface area (Å²) in [4.78, 5) is 11.8. The SMILES string of the molecule is O=C(Cc1cccc(O)c1)Nc1ccc(F)cc1I. The van der Waals surface area contributed by atoms with E-state index in [0.717, 1.165) is 5.56 Å². The first-order valence-corrected chi connectivity index (χ1v) is 6.65. The number of aromatic hydroxyl groups is 1. The molecule has 0 aliphatic rings. The Hall–Kier alpha value is -1.63. The molecule has 2 aromatic carbocycles. The fourth-order valence-electron chi connectivity index (χ4n) is 1.64. The summed E-state index contributed by atoms with van der Waals surface area (Å²) in [6.45, 7) is 0. The van der Waals surface area contributed by atoms with Crippen LogP contribution >= 0.6 is 22.6 Å².